The van der Waals surface area contributed by atoms with Gasteiger partial charge in [0.05, 0.1) is 4.92 Å². The lowest BCUT2D eigenvalue weighted by molar-refractivity contribution is -0.385. The van der Waals surface area contributed by atoms with E-state index in [4.69, 9.17) is 4.74 Å². The summed E-state index contributed by atoms with van der Waals surface area (Å²) in [5, 5.41) is 14.1. The van der Waals surface area contributed by atoms with Crippen LogP contribution in [0.25, 0.3) is 0 Å². The highest BCUT2D eigenvalue weighted by Crippen LogP contribution is 2.18. The lowest BCUT2D eigenvalue weighted by Gasteiger charge is -2.26. The van der Waals surface area contributed by atoms with Gasteiger partial charge in [0.2, 0.25) is 0 Å². The average Bonchev–Trinajstić information content (AvgIpc) is 2.36. The number of carbonyl (C=O) groups is 1. The van der Waals surface area contributed by atoms with Crippen LogP contribution in [0, 0.1) is 16.0 Å². The number of hydrogen-bond acceptors (Lipinski definition) is 5. The molecule has 1 rings (SSSR count). The number of carbonyl (C=O) groups excluding carboxylic acids is 1. The fourth-order valence-electron chi connectivity index (χ4n) is 2.01. The number of para-hydroxylation sites is 1. The van der Waals surface area contributed by atoms with Crippen molar-refractivity contribution in [2.24, 2.45) is 5.92 Å². The molecule has 1 aromatic rings. The van der Waals surface area contributed by atoms with Crippen LogP contribution in [0.5, 0.6) is 0 Å². The van der Waals surface area contributed by atoms with Crippen LogP contribution in [0.3, 0.4) is 0 Å². The Balaban J connectivity index is 2.82. The second-order valence-corrected chi connectivity index (χ2v) is 6.52. The molecule has 0 unspecified atom stereocenters. The van der Waals surface area contributed by atoms with Crippen LogP contribution in [-0.4, -0.2) is 22.5 Å². The van der Waals surface area contributed by atoms with E-state index in [9.17, 15) is 14.9 Å². The van der Waals surface area contributed by atoms with Crippen LogP contribution in [0.2, 0.25) is 0 Å². The third kappa shape index (κ3) is 5.44. The molecule has 1 atom stereocenters. The van der Waals surface area contributed by atoms with Gasteiger partial charge in [-0.2, -0.15) is 0 Å². The molecular weight excluding hydrogens is 284 g/mol. The van der Waals surface area contributed by atoms with Gasteiger partial charge in [0.25, 0.3) is 5.69 Å². The Labute approximate surface area is 131 Å². The Hall–Kier alpha value is -1.95. The number of nitrogens with zero attached hydrogens (tertiary/aromatic N) is 1. The number of benzene rings is 1. The Morgan fingerprint density at radius 3 is 2.41 bits per heavy atom. The monoisotopic (exact) mass is 308 g/mol. The lowest BCUT2D eigenvalue weighted by Crippen LogP contribution is -2.44. The molecule has 0 aliphatic heterocycles. The third-order valence-corrected chi connectivity index (χ3v) is 3.03. The summed E-state index contributed by atoms with van der Waals surface area (Å²) in [7, 11) is 0. The fourth-order valence-corrected chi connectivity index (χ4v) is 2.01. The van der Waals surface area contributed by atoms with E-state index >= 15 is 0 Å². The molecule has 1 N–H and O–H groups in total. The van der Waals surface area contributed by atoms with Crippen molar-refractivity contribution in [2.45, 2.75) is 52.8 Å². The highest BCUT2D eigenvalue weighted by atomic mass is 16.6. The summed E-state index contributed by atoms with van der Waals surface area (Å²) >= 11 is 0. The van der Waals surface area contributed by atoms with Gasteiger partial charge in [-0.05, 0) is 26.7 Å². The van der Waals surface area contributed by atoms with Gasteiger partial charge in [-0.25, -0.2) is 0 Å². The minimum atomic E-state index is -0.565. The highest BCUT2D eigenvalue weighted by Gasteiger charge is 2.28. The van der Waals surface area contributed by atoms with Crippen molar-refractivity contribution in [3.63, 3.8) is 0 Å². The van der Waals surface area contributed by atoms with Crippen molar-refractivity contribution in [1.29, 1.82) is 0 Å². The number of rotatable bonds is 6. The van der Waals surface area contributed by atoms with Crippen LogP contribution in [-0.2, 0) is 16.1 Å². The van der Waals surface area contributed by atoms with Gasteiger partial charge in [0.1, 0.15) is 11.6 Å². The minimum absolute atomic E-state index is 0.0117. The van der Waals surface area contributed by atoms with Crippen LogP contribution < -0.4 is 5.32 Å². The van der Waals surface area contributed by atoms with E-state index < -0.39 is 16.6 Å². The van der Waals surface area contributed by atoms with Crippen molar-refractivity contribution in [1.82, 2.24) is 5.32 Å². The molecule has 122 valence electrons. The zero-order chi connectivity index (χ0) is 16.9. The van der Waals surface area contributed by atoms with Crippen LogP contribution in [0.1, 0.15) is 40.2 Å². The lowest BCUT2D eigenvalue weighted by atomic mass is 10.0. The highest BCUT2D eigenvalue weighted by molar-refractivity contribution is 5.76. The number of ether oxygens (including phenoxy) is 1. The first kappa shape index (κ1) is 18.1. The van der Waals surface area contributed by atoms with Crippen LogP contribution in [0.15, 0.2) is 24.3 Å². The van der Waals surface area contributed by atoms with Crippen molar-refractivity contribution in [3.05, 3.63) is 39.9 Å². The number of nitrogens with one attached hydrogen (secondary N) is 1. The summed E-state index contributed by atoms with van der Waals surface area (Å²) in [4.78, 5) is 22.8. The molecule has 0 bridgehead atoms. The molecule has 6 nitrogen and oxygen atoms in total. The number of hydrogen-bond donors (Lipinski definition) is 1. The molecule has 0 aliphatic carbocycles. The van der Waals surface area contributed by atoms with Gasteiger partial charge in [-0.1, -0.05) is 32.0 Å². The van der Waals surface area contributed by atoms with Crippen molar-refractivity contribution in [3.8, 4) is 0 Å². The molecule has 1 aromatic carbocycles. The largest absolute Gasteiger partial charge is 0.459 e. The molecule has 0 spiro atoms. The van der Waals surface area contributed by atoms with Gasteiger partial charge in [0.15, 0.2) is 0 Å². The normalized spacial score (nSPS) is 13.0. The summed E-state index contributed by atoms with van der Waals surface area (Å²) in [6.45, 7) is 9.47. The predicted molar refractivity (Wildman–Crippen MR) is 84.4 cm³/mol. The first-order valence-electron chi connectivity index (χ1n) is 7.30. The molecule has 0 saturated heterocycles. The van der Waals surface area contributed by atoms with Gasteiger partial charge < -0.3 is 4.74 Å². The maximum atomic E-state index is 12.2. The Kier molecular flexibility index (Phi) is 6.05. The summed E-state index contributed by atoms with van der Waals surface area (Å²) in [5.41, 5.74) is 0.0217. The molecule has 22 heavy (non-hydrogen) atoms. The van der Waals surface area contributed by atoms with E-state index in [1.807, 2.05) is 34.6 Å². The SMILES string of the molecule is CC(C)[C@H](NCc1ccccc1[N+](=O)[O-])C(=O)OC(C)(C)C. The zero-order valence-electron chi connectivity index (χ0n) is 13.8. The molecular formula is C16H24N2O4. The van der Waals surface area contributed by atoms with Gasteiger partial charge in [0, 0.05) is 18.2 Å². The van der Waals surface area contributed by atoms with E-state index in [0.29, 0.717) is 5.56 Å². The number of esters is 1. The number of nitro benzene ring substituents is 1. The first-order chi connectivity index (χ1) is 10.1. The van der Waals surface area contributed by atoms with E-state index in [-0.39, 0.29) is 24.1 Å². The predicted octanol–water partition coefficient (Wildman–Crippen LogP) is 3.05. The van der Waals surface area contributed by atoms with E-state index in [1.165, 1.54) is 6.07 Å². The second kappa shape index (κ2) is 7.35. The van der Waals surface area contributed by atoms with Gasteiger partial charge in [-0.15, -0.1) is 0 Å². The van der Waals surface area contributed by atoms with Gasteiger partial charge >= 0.3 is 5.97 Å². The zero-order valence-corrected chi connectivity index (χ0v) is 13.8. The summed E-state index contributed by atoms with van der Waals surface area (Å²) in [6, 6.07) is 5.98. The topological polar surface area (TPSA) is 81.5 Å². The molecule has 0 aliphatic rings. The average molecular weight is 308 g/mol. The summed E-state index contributed by atoms with van der Waals surface area (Å²) in [6.07, 6.45) is 0. The molecule has 0 radical (unpaired) electrons. The fraction of sp³-hybridized carbons (Fsp3) is 0.562. The standard InChI is InChI=1S/C16H24N2O4/c1-11(2)14(15(19)22-16(3,4)5)17-10-12-8-6-7-9-13(12)18(20)21/h6-9,11,14,17H,10H2,1-5H3/t14-/m0/s1. The Morgan fingerprint density at radius 1 is 1.32 bits per heavy atom. The first-order valence-corrected chi connectivity index (χ1v) is 7.30. The molecule has 0 aromatic heterocycles. The molecule has 0 amide bonds. The van der Waals surface area contributed by atoms with Crippen LogP contribution in [0.4, 0.5) is 5.69 Å². The van der Waals surface area contributed by atoms with Crippen molar-refractivity contribution >= 4 is 11.7 Å². The maximum absolute atomic E-state index is 12.2. The summed E-state index contributed by atoms with van der Waals surface area (Å²) in [5.74, 6) is -0.335. The van der Waals surface area contributed by atoms with Crippen molar-refractivity contribution < 1.29 is 14.5 Å². The van der Waals surface area contributed by atoms with Crippen LogP contribution >= 0.6 is 0 Å². The maximum Gasteiger partial charge on any atom is 0.323 e. The van der Waals surface area contributed by atoms with Crippen molar-refractivity contribution in [2.75, 3.05) is 0 Å². The Morgan fingerprint density at radius 2 is 1.91 bits per heavy atom. The molecule has 6 heteroatoms. The third-order valence-electron chi connectivity index (χ3n) is 3.03. The quantitative estimate of drug-likeness (QED) is 0.496. The smallest absolute Gasteiger partial charge is 0.323 e. The molecule has 0 saturated carbocycles. The van der Waals surface area contributed by atoms with E-state index in [0.717, 1.165) is 0 Å². The van der Waals surface area contributed by atoms with E-state index in [2.05, 4.69) is 5.32 Å². The molecule has 0 heterocycles. The number of nitro groups is 1. The molecule has 0 fully saturated rings. The minimum Gasteiger partial charge on any atom is -0.459 e. The van der Waals surface area contributed by atoms with Gasteiger partial charge in [-0.3, -0.25) is 20.2 Å². The Bertz CT molecular complexity index is 535. The van der Waals surface area contributed by atoms with E-state index in [1.54, 1.807) is 18.2 Å². The second-order valence-electron chi connectivity index (χ2n) is 6.52. The summed E-state index contributed by atoms with van der Waals surface area (Å²) < 4.78 is 5.39.